The molecule has 4 rings (SSSR count). The summed E-state index contributed by atoms with van der Waals surface area (Å²) in [6, 6.07) is 19.2. The number of carbonyl (C=O) groups excluding carboxylic acids is 2. The van der Waals surface area contributed by atoms with Crippen LogP contribution in [0.5, 0.6) is 23.0 Å². The molecule has 2 amide bonds. The Morgan fingerprint density at radius 3 is 2.03 bits per heavy atom. The van der Waals surface area contributed by atoms with Crippen molar-refractivity contribution >= 4 is 11.8 Å². The number of rotatable bonds is 7. The van der Waals surface area contributed by atoms with Gasteiger partial charge in [-0.3, -0.25) is 9.59 Å². The first-order chi connectivity index (χ1) is 16.0. The molecule has 0 saturated carbocycles. The van der Waals surface area contributed by atoms with E-state index < -0.39 is 5.91 Å². The number of primary amides is 1. The Kier molecular flexibility index (Phi) is 6.49. The van der Waals surface area contributed by atoms with Gasteiger partial charge < -0.3 is 24.8 Å². The van der Waals surface area contributed by atoms with Crippen LogP contribution in [-0.4, -0.2) is 37.5 Å². The van der Waals surface area contributed by atoms with Gasteiger partial charge in [-0.1, -0.05) is 0 Å². The first kappa shape index (κ1) is 22.2. The highest BCUT2D eigenvalue weighted by atomic mass is 16.5. The second-order valence-electron chi connectivity index (χ2n) is 7.78. The summed E-state index contributed by atoms with van der Waals surface area (Å²) in [4.78, 5) is 26.4. The molecule has 0 aromatic heterocycles. The number of nitrogens with two attached hydrogens (primary N) is 1. The highest BCUT2D eigenvalue weighted by molar-refractivity contribution is 5.95. The van der Waals surface area contributed by atoms with Crippen LogP contribution >= 0.6 is 0 Å². The fourth-order valence-electron chi connectivity index (χ4n) is 4.09. The third-order valence-electron chi connectivity index (χ3n) is 5.79. The van der Waals surface area contributed by atoms with E-state index in [9.17, 15) is 9.59 Å². The first-order valence-corrected chi connectivity index (χ1v) is 10.7. The van der Waals surface area contributed by atoms with E-state index in [1.54, 1.807) is 62.8 Å². The Balaban J connectivity index is 1.50. The third kappa shape index (κ3) is 4.77. The van der Waals surface area contributed by atoms with Gasteiger partial charge in [0.1, 0.15) is 23.0 Å². The maximum Gasteiger partial charge on any atom is 0.254 e. The van der Waals surface area contributed by atoms with Gasteiger partial charge >= 0.3 is 0 Å². The molecule has 7 nitrogen and oxygen atoms in total. The van der Waals surface area contributed by atoms with Crippen LogP contribution in [0.25, 0.3) is 0 Å². The standard InChI is InChI=1S/C26H26N2O5/c1-31-21-13-14-24(32-2)22(16-21)23-4-3-15-28(23)26(30)18-7-11-20(12-8-18)33-19-9-5-17(6-10-19)25(27)29/h5-14,16,23H,3-4,15H2,1-2H3,(H2,27,29). The van der Waals surface area contributed by atoms with E-state index in [1.807, 2.05) is 23.1 Å². The van der Waals surface area contributed by atoms with E-state index in [4.69, 9.17) is 19.9 Å². The highest BCUT2D eigenvalue weighted by Gasteiger charge is 2.32. The summed E-state index contributed by atoms with van der Waals surface area (Å²) in [5.74, 6) is 2.10. The molecule has 1 atom stereocenters. The van der Waals surface area contributed by atoms with Crippen molar-refractivity contribution in [1.82, 2.24) is 4.90 Å². The van der Waals surface area contributed by atoms with Crippen molar-refractivity contribution in [3.8, 4) is 23.0 Å². The van der Waals surface area contributed by atoms with Gasteiger partial charge in [0, 0.05) is 23.2 Å². The molecule has 1 fully saturated rings. The van der Waals surface area contributed by atoms with Crippen molar-refractivity contribution in [1.29, 1.82) is 0 Å². The number of methoxy groups -OCH3 is 2. The van der Waals surface area contributed by atoms with Crippen LogP contribution in [0.15, 0.2) is 66.7 Å². The monoisotopic (exact) mass is 446 g/mol. The lowest BCUT2D eigenvalue weighted by molar-refractivity contribution is 0.0733. The summed E-state index contributed by atoms with van der Waals surface area (Å²) in [6.07, 6.45) is 1.77. The lowest BCUT2D eigenvalue weighted by Gasteiger charge is -2.27. The fraction of sp³-hybridized carbons (Fsp3) is 0.231. The van der Waals surface area contributed by atoms with E-state index in [1.165, 1.54) is 0 Å². The van der Waals surface area contributed by atoms with Crippen molar-refractivity contribution < 1.29 is 23.8 Å². The lowest BCUT2D eigenvalue weighted by Crippen LogP contribution is -2.30. The number of amides is 2. The maximum absolute atomic E-state index is 13.3. The van der Waals surface area contributed by atoms with Crippen LogP contribution < -0.4 is 19.9 Å². The van der Waals surface area contributed by atoms with Crippen LogP contribution in [0.1, 0.15) is 45.2 Å². The van der Waals surface area contributed by atoms with Crippen LogP contribution in [0.3, 0.4) is 0 Å². The molecule has 1 saturated heterocycles. The van der Waals surface area contributed by atoms with Gasteiger partial charge in [0.25, 0.3) is 5.91 Å². The molecule has 3 aromatic carbocycles. The summed E-state index contributed by atoms with van der Waals surface area (Å²) >= 11 is 0. The van der Waals surface area contributed by atoms with E-state index >= 15 is 0 Å². The van der Waals surface area contributed by atoms with Gasteiger partial charge in [-0.15, -0.1) is 0 Å². The molecule has 0 spiro atoms. The highest BCUT2D eigenvalue weighted by Crippen LogP contribution is 2.39. The first-order valence-electron chi connectivity index (χ1n) is 10.7. The van der Waals surface area contributed by atoms with E-state index in [-0.39, 0.29) is 11.9 Å². The molecular weight excluding hydrogens is 420 g/mol. The molecule has 3 aromatic rings. The van der Waals surface area contributed by atoms with Crippen molar-refractivity contribution in [2.45, 2.75) is 18.9 Å². The number of hydrogen-bond acceptors (Lipinski definition) is 5. The number of carbonyl (C=O) groups is 2. The average Bonchev–Trinajstić information content (AvgIpc) is 3.34. The van der Waals surface area contributed by atoms with Crippen molar-refractivity contribution in [2.24, 2.45) is 5.73 Å². The number of hydrogen-bond donors (Lipinski definition) is 1. The molecule has 1 aliphatic heterocycles. The lowest BCUT2D eigenvalue weighted by atomic mass is 10.0. The van der Waals surface area contributed by atoms with Crippen LogP contribution in [0, 0.1) is 0 Å². The minimum Gasteiger partial charge on any atom is -0.497 e. The SMILES string of the molecule is COc1ccc(OC)c(C2CCCN2C(=O)c2ccc(Oc3ccc(C(N)=O)cc3)cc2)c1. The normalized spacial score (nSPS) is 15.2. The van der Waals surface area contributed by atoms with Gasteiger partial charge in [0.05, 0.1) is 20.3 Å². The molecule has 33 heavy (non-hydrogen) atoms. The Morgan fingerprint density at radius 2 is 1.45 bits per heavy atom. The zero-order valence-electron chi connectivity index (χ0n) is 18.6. The fourth-order valence-corrected chi connectivity index (χ4v) is 4.09. The predicted molar refractivity (Wildman–Crippen MR) is 124 cm³/mol. The second kappa shape index (κ2) is 9.65. The van der Waals surface area contributed by atoms with E-state index in [0.717, 1.165) is 29.9 Å². The molecule has 1 heterocycles. The summed E-state index contributed by atoms with van der Waals surface area (Å²) in [5.41, 5.74) is 7.20. The molecule has 1 aliphatic rings. The van der Waals surface area contributed by atoms with Gasteiger partial charge in [-0.2, -0.15) is 0 Å². The van der Waals surface area contributed by atoms with Gasteiger partial charge in [-0.25, -0.2) is 0 Å². The van der Waals surface area contributed by atoms with E-state index in [2.05, 4.69) is 0 Å². The van der Waals surface area contributed by atoms with Crippen LogP contribution in [-0.2, 0) is 0 Å². The minimum absolute atomic E-state index is 0.0419. The zero-order valence-corrected chi connectivity index (χ0v) is 18.6. The topological polar surface area (TPSA) is 91.1 Å². The van der Waals surface area contributed by atoms with Crippen molar-refractivity contribution in [2.75, 3.05) is 20.8 Å². The molecule has 1 unspecified atom stereocenters. The second-order valence-corrected chi connectivity index (χ2v) is 7.78. The summed E-state index contributed by atoms with van der Waals surface area (Å²) in [5, 5.41) is 0. The molecule has 2 N–H and O–H groups in total. The maximum atomic E-state index is 13.3. The molecular formula is C26H26N2O5. The van der Waals surface area contributed by atoms with Gasteiger partial charge in [0.15, 0.2) is 0 Å². The molecule has 0 radical (unpaired) electrons. The smallest absolute Gasteiger partial charge is 0.254 e. The van der Waals surface area contributed by atoms with Gasteiger partial charge in [0.2, 0.25) is 5.91 Å². The number of nitrogens with zero attached hydrogens (tertiary/aromatic N) is 1. The molecule has 170 valence electrons. The summed E-state index contributed by atoms with van der Waals surface area (Å²) < 4.78 is 16.7. The molecule has 0 bridgehead atoms. The Labute approximate surface area is 192 Å². The summed E-state index contributed by atoms with van der Waals surface area (Å²) in [6.45, 7) is 0.675. The zero-order chi connectivity index (χ0) is 23.4. The Morgan fingerprint density at radius 1 is 0.848 bits per heavy atom. The van der Waals surface area contributed by atoms with Crippen molar-refractivity contribution in [3.63, 3.8) is 0 Å². The molecule has 7 heteroatoms. The van der Waals surface area contributed by atoms with Crippen molar-refractivity contribution in [3.05, 3.63) is 83.4 Å². The third-order valence-corrected chi connectivity index (χ3v) is 5.79. The Hall–Kier alpha value is -4.00. The molecule has 0 aliphatic carbocycles. The van der Waals surface area contributed by atoms with E-state index in [0.29, 0.717) is 29.2 Å². The van der Waals surface area contributed by atoms with Crippen LogP contribution in [0.4, 0.5) is 0 Å². The number of likely N-dealkylation sites (tertiary alicyclic amines) is 1. The number of benzene rings is 3. The predicted octanol–water partition coefficient (Wildman–Crippen LogP) is 4.57. The van der Waals surface area contributed by atoms with Crippen LogP contribution in [0.2, 0.25) is 0 Å². The number of ether oxygens (including phenoxy) is 3. The largest absolute Gasteiger partial charge is 0.497 e. The Bertz CT molecular complexity index is 1140. The summed E-state index contributed by atoms with van der Waals surface area (Å²) in [7, 11) is 3.26. The quantitative estimate of drug-likeness (QED) is 0.574. The average molecular weight is 447 g/mol. The van der Waals surface area contributed by atoms with Gasteiger partial charge in [-0.05, 0) is 79.6 Å². The minimum atomic E-state index is -0.490.